The second-order valence-electron chi connectivity index (χ2n) is 4.98. The zero-order chi connectivity index (χ0) is 14.7. The number of amides is 1. The molecule has 1 aromatic heterocycles. The quantitative estimate of drug-likeness (QED) is 0.931. The van der Waals surface area contributed by atoms with E-state index in [9.17, 15) is 9.18 Å². The van der Waals surface area contributed by atoms with Crippen molar-refractivity contribution in [2.75, 3.05) is 5.32 Å². The fourth-order valence-corrected chi connectivity index (χ4v) is 2.23. The fraction of sp³-hybridized carbons (Fsp3) is 0.333. The average Bonchev–Trinajstić information content (AvgIpc) is 2.68. The molecular formula is C15H18FN3O. The van der Waals surface area contributed by atoms with Crippen molar-refractivity contribution in [3.8, 4) is 0 Å². The number of anilines is 1. The van der Waals surface area contributed by atoms with Crippen LogP contribution in [-0.2, 0) is 4.79 Å². The van der Waals surface area contributed by atoms with E-state index < -0.39 is 0 Å². The summed E-state index contributed by atoms with van der Waals surface area (Å²) in [6, 6.07) is 7.79. The van der Waals surface area contributed by atoms with E-state index in [1.807, 2.05) is 31.5 Å². The van der Waals surface area contributed by atoms with E-state index in [-0.39, 0.29) is 17.8 Å². The summed E-state index contributed by atoms with van der Waals surface area (Å²) in [5, 5.41) is 7.05. The lowest BCUT2D eigenvalue weighted by Gasteiger charge is -2.14. The van der Waals surface area contributed by atoms with Gasteiger partial charge in [0, 0.05) is 17.8 Å². The Morgan fingerprint density at radius 2 is 2.15 bits per heavy atom. The third-order valence-corrected chi connectivity index (χ3v) is 3.05. The molecule has 5 heteroatoms. The molecule has 0 aliphatic rings. The Morgan fingerprint density at radius 1 is 1.40 bits per heavy atom. The number of aromatic nitrogens is 2. The second kappa shape index (κ2) is 5.86. The van der Waals surface area contributed by atoms with Crippen LogP contribution in [0.25, 0.3) is 0 Å². The van der Waals surface area contributed by atoms with Gasteiger partial charge in [0.15, 0.2) is 0 Å². The van der Waals surface area contributed by atoms with Crippen molar-refractivity contribution < 1.29 is 9.18 Å². The standard InChI is InChI=1S/C15H18FN3O/c1-10-7-11(2)19(18-10)12(3)8-15(20)17-14-6-4-5-13(16)9-14/h4-7,9,12H,8H2,1-3H3,(H,17,20)/t12-/m0/s1. The Balaban J connectivity index is 1.99. The molecule has 1 amide bonds. The molecule has 20 heavy (non-hydrogen) atoms. The number of rotatable bonds is 4. The van der Waals surface area contributed by atoms with Crippen LogP contribution < -0.4 is 5.32 Å². The van der Waals surface area contributed by atoms with E-state index in [1.54, 1.807) is 12.1 Å². The van der Waals surface area contributed by atoms with Gasteiger partial charge in [-0.2, -0.15) is 5.10 Å². The van der Waals surface area contributed by atoms with Gasteiger partial charge in [-0.3, -0.25) is 9.48 Å². The summed E-state index contributed by atoms with van der Waals surface area (Å²) >= 11 is 0. The van der Waals surface area contributed by atoms with Crippen LogP contribution in [0.2, 0.25) is 0 Å². The van der Waals surface area contributed by atoms with Gasteiger partial charge < -0.3 is 5.32 Å². The first-order valence-electron chi connectivity index (χ1n) is 6.54. The van der Waals surface area contributed by atoms with Crippen molar-refractivity contribution in [2.45, 2.75) is 33.2 Å². The maximum Gasteiger partial charge on any atom is 0.226 e. The molecule has 0 radical (unpaired) electrons. The molecule has 0 saturated carbocycles. The first-order chi connectivity index (χ1) is 9.45. The Bertz CT molecular complexity index is 621. The average molecular weight is 275 g/mol. The largest absolute Gasteiger partial charge is 0.326 e. The van der Waals surface area contributed by atoms with Gasteiger partial charge in [0.1, 0.15) is 5.82 Å². The molecule has 0 fully saturated rings. The highest BCUT2D eigenvalue weighted by Gasteiger charge is 2.14. The van der Waals surface area contributed by atoms with E-state index in [0.29, 0.717) is 12.1 Å². The zero-order valence-corrected chi connectivity index (χ0v) is 11.9. The highest BCUT2D eigenvalue weighted by Crippen LogP contribution is 2.16. The minimum atomic E-state index is -0.366. The van der Waals surface area contributed by atoms with Gasteiger partial charge in [0.25, 0.3) is 0 Å². The number of hydrogen-bond acceptors (Lipinski definition) is 2. The van der Waals surface area contributed by atoms with Crippen LogP contribution in [-0.4, -0.2) is 15.7 Å². The van der Waals surface area contributed by atoms with Crippen LogP contribution in [0.15, 0.2) is 30.3 Å². The number of carbonyl (C=O) groups excluding carboxylic acids is 1. The minimum absolute atomic E-state index is 0.0442. The van der Waals surface area contributed by atoms with Crippen LogP contribution >= 0.6 is 0 Å². The molecule has 0 aliphatic heterocycles. The van der Waals surface area contributed by atoms with Gasteiger partial charge in [-0.25, -0.2) is 4.39 Å². The highest BCUT2D eigenvalue weighted by atomic mass is 19.1. The lowest BCUT2D eigenvalue weighted by atomic mass is 10.2. The number of nitrogens with zero attached hydrogens (tertiary/aromatic N) is 2. The normalized spacial score (nSPS) is 12.2. The molecule has 1 aromatic carbocycles. The van der Waals surface area contributed by atoms with Gasteiger partial charge in [-0.05, 0) is 45.0 Å². The van der Waals surface area contributed by atoms with E-state index in [1.165, 1.54) is 12.1 Å². The number of halogens is 1. The summed E-state index contributed by atoms with van der Waals surface area (Å²) < 4.78 is 14.9. The van der Waals surface area contributed by atoms with Gasteiger partial charge in [-0.15, -0.1) is 0 Å². The molecule has 1 heterocycles. The van der Waals surface area contributed by atoms with Crippen molar-refractivity contribution in [3.05, 3.63) is 47.5 Å². The minimum Gasteiger partial charge on any atom is -0.326 e. The SMILES string of the molecule is Cc1cc(C)n([C@@H](C)CC(=O)Nc2cccc(F)c2)n1. The number of carbonyl (C=O) groups is 1. The summed E-state index contributed by atoms with van der Waals surface area (Å²) in [4.78, 5) is 12.0. The summed E-state index contributed by atoms with van der Waals surface area (Å²) in [5.74, 6) is -0.523. The van der Waals surface area contributed by atoms with Gasteiger partial charge >= 0.3 is 0 Å². The predicted molar refractivity (Wildman–Crippen MR) is 76.1 cm³/mol. The lowest BCUT2D eigenvalue weighted by Crippen LogP contribution is -2.19. The van der Waals surface area contributed by atoms with Crippen molar-refractivity contribution in [2.24, 2.45) is 0 Å². The van der Waals surface area contributed by atoms with Crippen molar-refractivity contribution >= 4 is 11.6 Å². The van der Waals surface area contributed by atoms with Crippen molar-refractivity contribution in [3.63, 3.8) is 0 Å². The first kappa shape index (κ1) is 14.2. The van der Waals surface area contributed by atoms with E-state index >= 15 is 0 Å². The monoisotopic (exact) mass is 275 g/mol. The van der Waals surface area contributed by atoms with Crippen molar-refractivity contribution in [1.29, 1.82) is 0 Å². The molecule has 2 aromatic rings. The Morgan fingerprint density at radius 3 is 2.75 bits per heavy atom. The summed E-state index contributed by atoms with van der Waals surface area (Å²) in [6.45, 7) is 5.81. The molecule has 1 atom stereocenters. The molecule has 0 spiro atoms. The molecule has 0 aliphatic carbocycles. The second-order valence-corrected chi connectivity index (χ2v) is 4.98. The number of hydrogen-bond donors (Lipinski definition) is 1. The Kier molecular flexibility index (Phi) is 4.17. The van der Waals surface area contributed by atoms with Gasteiger partial charge in [0.2, 0.25) is 5.91 Å². The third-order valence-electron chi connectivity index (χ3n) is 3.05. The fourth-order valence-electron chi connectivity index (χ4n) is 2.23. The number of aryl methyl sites for hydroxylation is 2. The Hall–Kier alpha value is -2.17. The van der Waals surface area contributed by atoms with Crippen LogP contribution in [0.5, 0.6) is 0 Å². The van der Waals surface area contributed by atoms with E-state index in [4.69, 9.17) is 0 Å². The van der Waals surface area contributed by atoms with Crippen molar-refractivity contribution in [1.82, 2.24) is 9.78 Å². The molecule has 106 valence electrons. The molecular weight excluding hydrogens is 257 g/mol. The topological polar surface area (TPSA) is 46.9 Å². The highest BCUT2D eigenvalue weighted by molar-refractivity contribution is 5.90. The molecule has 0 bridgehead atoms. The van der Waals surface area contributed by atoms with Gasteiger partial charge in [0.05, 0.1) is 11.7 Å². The number of nitrogens with one attached hydrogen (secondary N) is 1. The molecule has 0 saturated heterocycles. The third kappa shape index (κ3) is 3.44. The van der Waals surface area contributed by atoms with E-state index in [0.717, 1.165) is 11.4 Å². The van der Waals surface area contributed by atoms with E-state index in [2.05, 4.69) is 10.4 Å². The maximum absolute atomic E-state index is 13.0. The summed E-state index contributed by atoms with van der Waals surface area (Å²) in [5.41, 5.74) is 2.42. The van der Waals surface area contributed by atoms with Crippen LogP contribution in [0.3, 0.4) is 0 Å². The Labute approximate surface area is 117 Å². The zero-order valence-electron chi connectivity index (χ0n) is 11.9. The summed E-state index contributed by atoms with van der Waals surface area (Å²) in [7, 11) is 0. The molecule has 0 unspecified atom stereocenters. The molecule has 4 nitrogen and oxygen atoms in total. The van der Waals surface area contributed by atoms with Crippen LogP contribution in [0, 0.1) is 19.7 Å². The number of benzene rings is 1. The molecule has 1 N–H and O–H groups in total. The first-order valence-corrected chi connectivity index (χ1v) is 6.54. The summed E-state index contributed by atoms with van der Waals surface area (Å²) in [6.07, 6.45) is 0.290. The lowest BCUT2D eigenvalue weighted by molar-refractivity contribution is -0.116. The van der Waals surface area contributed by atoms with Gasteiger partial charge in [-0.1, -0.05) is 6.07 Å². The molecule has 2 rings (SSSR count). The van der Waals surface area contributed by atoms with Crippen LogP contribution in [0.1, 0.15) is 30.8 Å². The van der Waals surface area contributed by atoms with Crippen LogP contribution in [0.4, 0.5) is 10.1 Å². The predicted octanol–water partition coefficient (Wildman–Crippen LogP) is 3.23. The smallest absolute Gasteiger partial charge is 0.226 e. The maximum atomic E-state index is 13.0.